The first kappa shape index (κ1) is 13.1. The van der Waals surface area contributed by atoms with E-state index >= 15 is 0 Å². The maximum Gasteiger partial charge on any atom is 0.255 e. The summed E-state index contributed by atoms with van der Waals surface area (Å²) < 4.78 is 1.99. The lowest BCUT2D eigenvalue weighted by Gasteiger charge is -2.23. The van der Waals surface area contributed by atoms with Crippen LogP contribution in [0, 0.1) is 17.8 Å². The third-order valence-corrected chi connectivity index (χ3v) is 5.60. The molecule has 2 bridgehead atoms. The molecular formula is C18H22N2O. The van der Waals surface area contributed by atoms with Crippen molar-refractivity contribution in [1.29, 1.82) is 0 Å². The number of hydrogen-bond acceptors (Lipinski definition) is 2. The number of nitrogens with two attached hydrogens (primary N) is 1. The first-order valence-electron chi connectivity index (χ1n) is 8.08. The average Bonchev–Trinajstić information content (AvgIpc) is 3.12. The van der Waals surface area contributed by atoms with Gasteiger partial charge in [0.25, 0.3) is 5.56 Å². The van der Waals surface area contributed by atoms with E-state index in [2.05, 4.69) is 12.1 Å². The van der Waals surface area contributed by atoms with E-state index in [9.17, 15) is 4.79 Å². The minimum absolute atomic E-state index is 0.110. The smallest absolute Gasteiger partial charge is 0.255 e. The molecule has 0 amide bonds. The third kappa shape index (κ3) is 2.11. The zero-order chi connectivity index (χ0) is 14.4. The van der Waals surface area contributed by atoms with Gasteiger partial charge in [-0.15, -0.1) is 0 Å². The van der Waals surface area contributed by atoms with Crippen LogP contribution >= 0.6 is 0 Å². The number of nitrogens with zero attached hydrogens (tertiary/aromatic N) is 1. The van der Waals surface area contributed by atoms with Gasteiger partial charge in [0.2, 0.25) is 0 Å². The quantitative estimate of drug-likeness (QED) is 0.941. The molecule has 1 aromatic carbocycles. The number of fused-ring (bicyclic) bond motifs is 3. The van der Waals surface area contributed by atoms with Gasteiger partial charge in [0.05, 0.1) is 5.52 Å². The van der Waals surface area contributed by atoms with Crippen LogP contribution in [0.1, 0.15) is 31.2 Å². The zero-order valence-electron chi connectivity index (χ0n) is 12.3. The van der Waals surface area contributed by atoms with Crippen LogP contribution in [0.5, 0.6) is 0 Å². The predicted molar refractivity (Wildman–Crippen MR) is 85.0 cm³/mol. The standard InChI is InChI=1S/C18H22N2O/c19-10-15-9-14-3-1-2-4-17(14)20(18(15)21)11-16-8-12-5-6-13(16)7-12/h1-4,9,12-13,16H,5-8,10-11,19H2. The molecule has 0 spiro atoms. The molecule has 2 saturated carbocycles. The van der Waals surface area contributed by atoms with Crippen molar-refractivity contribution in [3.05, 3.63) is 46.2 Å². The molecule has 2 aliphatic carbocycles. The van der Waals surface area contributed by atoms with Gasteiger partial charge >= 0.3 is 0 Å². The van der Waals surface area contributed by atoms with Crippen molar-refractivity contribution >= 4 is 10.9 Å². The van der Waals surface area contributed by atoms with Crippen LogP contribution in [0.15, 0.2) is 35.1 Å². The molecule has 2 N–H and O–H groups in total. The molecule has 2 fully saturated rings. The normalized spacial score (nSPS) is 27.6. The molecule has 0 saturated heterocycles. The lowest BCUT2D eigenvalue weighted by atomic mass is 9.88. The van der Waals surface area contributed by atoms with E-state index < -0.39 is 0 Å². The summed E-state index contributed by atoms with van der Waals surface area (Å²) in [5, 5.41) is 1.13. The lowest BCUT2D eigenvalue weighted by Crippen LogP contribution is -2.30. The van der Waals surface area contributed by atoms with Gasteiger partial charge in [-0.05, 0) is 54.5 Å². The fourth-order valence-electron chi connectivity index (χ4n) is 4.55. The Kier molecular flexibility index (Phi) is 3.11. The van der Waals surface area contributed by atoms with Crippen LogP contribution < -0.4 is 11.3 Å². The molecule has 4 rings (SSSR count). The van der Waals surface area contributed by atoms with E-state index in [4.69, 9.17) is 5.73 Å². The second kappa shape index (κ2) is 4.99. The second-order valence-corrected chi connectivity index (χ2v) is 6.78. The number of aromatic nitrogens is 1. The van der Waals surface area contributed by atoms with Gasteiger partial charge in [-0.25, -0.2) is 0 Å². The molecule has 21 heavy (non-hydrogen) atoms. The topological polar surface area (TPSA) is 48.0 Å². The largest absolute Gasteiger partial charge is 0.326 e. The molecule has 1 aromatic heterocycles. The summed E-state index contributed by atoms with van der Waals surface area (Å²) in [5.41, 5.74) is 7.67. The minimum Gasteiger partial charge on any atom is -0.326 e. The summed E-state index contributed by atoms with van der Waals surface area (Å²) in [7, 11) is 0. The molecule has 1 heterocycles. The van der Waals surface area contributed by atoms with Crippen LogP contribution in [0.2, 0.25) is 0 Å². The van der Waals surface area contributed by atoms with Crippen LogP contribution in [-0.2, 0) is 13.1 Å². The zero-order valence-corrected chi connectivity index (χ0v) is 12.3. The number of hydrogen-bond donors (Lipinski definition) is 1. The average molecular weight is 282 g/mol. The maximum absolute atomic E-state index is 12.7. The van der Waals surface area contributed by atoms with Crippen LogP contribution in [0.3, 0.4) is 0 Å². The van der Waals surface area contributed by atoms with E-state index in [0.717, 1.165) is 34.8 Å². The van der Waals surface area contributed by atoms with E-state index in [1.807, 2.05) is 22.8 Å². The van der Waals surface area contributed by atoms with Crippen molar-refractivity contribution in [3.8, 4) is 0 Å². The van der Waals surface area contributed by atoms with E-state index in [0.29, 0.717) is 12.5 Å². The van der Waals surface area contributed by atoms with Crippen LogP contribution in [0.4, 0.5) is 0 Å². The van der Waals surface area contributed by atoms with Crippen molar-refractivity contribution in [2.75, 3.05) is 0 Å². The Bertz CT molecular complexity index is 734. The number of pyridine rings is 1. The molecule has 3 unspecified atom stereocenters. The molecule has 0 aliphatic heterocycles. The Morgan fingerprint density at radius 2 is 2.05 bits per heavy atom. The van der Waals surface area contributed by atoms with Crippen molar-refractivity contribution in [1.82, 2.24) is 4.57 Å². The Labute approximate surface area is 124 Å². The highest BCUT2D eigenvalue weighted by atomic mass is 16.1. The van der Waals surface area contributed by atoms with E-state index in [1.165, 1.54) is 25.7 Å². The minimum atomic E-state index is 0.110. The van der Waals surface area contributed by atoms with Crippen molar-refractivity contribution in [2.24, 2.45) is 23.5 Å². The highest BCUT2D eigenvalue weighted by Crippen LogP contribution is 2.48. The highest BCUT2D eigenvalue weighted by molar-refractivity contribution is 5.79. The Hall–Kier alpha value is -1.61. The van der Waals surface area contributed by atoms with Crippen LogP contribution in [-0.4, -0.2) is 4.57 Å². The van der Waals surface area contributed by atoms with Crippen molar-refractivity contribution in [2.45, 2.75) is 38.8 Å². The molecule has 3 atom stereocenters. The first-order chi connectivity index (χ1) is 10.3. The summed E-state index contributed by atoms with van der Waals surface area (Å²) in [6.45, 7) is 1.19. The third-order valence-electron chi connectivity index (χ3n) is 5.60. The summed E-state index contributed by atoms with van der Waals surface area (Å²) >= 11 is 0. The summed E-state index contributed by atoms with van der Waals surface area (Å²) in [6.07, 6.45) is 5.45. The van der Waals surface area contributed by atoms with Gasteiger partial charge in [0, 0.05) is 18.7 Å². The Balaban J connectivity index is 1.79. The lowest BCUT2D eigenvalue weighted by molar-refractivity contribution is 0.296. The van der Waals surface area contributed by atoms with Gasteiger partial charge in [-0.1, -0.05) is 24.6 Å². The first-order valence-corrected chi connectivity index (χ1v) is 8.08. The second-order valence-electron chi connectivity index (χ2n) is 6.78. The Morgan fingerprint density at radius 1 is 1.19 bits per heavy atom. The number of rotatable bonds is 3. The molecular weight excluding hydrogens is 260 g/mol. The maximum atomic E-state index is 12.7. The molecule has 3 heteroatoms. The molecule has 2 aromatic rings. The number of para-hydroxylation sites is 1. The molecule has 3 nitrogen and oxygen atoms in total. The van der Waals surface area contributed by atoms with Crippen molar-refractivity contribution in [3.63, 3.8) is 0 Å². The fourth-order valence-corrected chi connectivity index (χ4v) is 4.55. The van der Waals surface area contributed by atoms with Gasteiger partial charge < -0.3 is 10.3 Å². The van der Waals surface area contributed by atoms with Gasteiger partial charge in [-0.2, -0.15) is 0 Å². The van der Waals surface area contributed by atoms with Gasteiger partial charge in [0.1, 0.15) is 0 Å². The summed E-state index contributed by atoms with van der Waals surface area (Å²) in [6, 6.07) is 10.1. The van der Waals surface area contributed by atoms with Gasteiger partial charge in [-0.3, -0.25) is 4.79 Å². The monoisotopic (exact) mass is 282 g/mol. The van der Waals surface area contributed by atoms with E-state index in [1.54, 1.807) is 0 Å². The Morgan fingerprint density at radius 3 is 2.76 bits per heavy atom. The fraction of sp³-hybridized carbons (Fsp3) is 0.500. The SMILES string of the molecule is NCc1cc2ccccc2n(CC2CC3CCC2C3)c1=O. The van der Waals surface area contributed by atoms with E-state index in [-0.39, 0.29) is 5.56 Å². The summed E-state index contributed by atoms with van der Waals surface area (Å²) in [5.74, 6) is 2.43. The van der Waals surface area contributed by atoms with Crippen LogP contribution in [0.25, 0.3) is 10.9 Å². The van der Waals surface area contributed by atoms with Crippen molar-refractivity contribution < 1.29 is 0 Å². The molecule has 2 aliphatic rings. The highest BCUT2D eigenvalue weighted by Gasteiger charge is 2.39. The van der Waals surface area contributed by atoms with Gasteiger partial charge in [0.15, 0.2) is 0 Å². The molecule has 0 radical (unpaired) electrons. The number of benzene rings is 1. The predicted octanol–water partition coefficient (Wildman–Crippen LogP) is 2.90. The molecule has 110 valence electrons. The summed E-state index contributed by atoms with van der Waals surface area (Å²) in [4.78, 5) is 12.7.